The molecular formula is C14H20N2O2. The van der Waals surface area contributed by atoms with Gasteiger partial charge in [-0.3, -0.25) is 0 Å². The first-order chi connectivity index (χ1) is 8.76. The summed E-state index contributed by atoms with van der Waals surface area (Å²) in [4.78, 5) is 3.28. The lowest BCUT2D eigenvalue weighted by molar-refractivity contribution is -0.0997. The molecule has 0 saturated carbocycles. The quantitative estimate of drug-likeness (QED) is 0.772. The fraction of sp³-hybridized carbons (Fsp3) is 0.429. The Morgan fingerprint density at radius 2 is 1.94 bits per heavy atom. The van der Waals surface area contributed by atoms with Crippen LogP contribution in [0.3, 0.4) is 0 Å². The highest BCUT2D eigenvalue weighted by atomic mass is 16.7. The van der Waals surface area contributed by atoms with Gasteiger partial charge in [-0.15, -0.1) is 0 Å². The van der Waals surface area contributed by atoms with E-state index >= 15 is 0 Å². The van der Waals surface area contributed by atoms with Gasteiger partial charge in [0.1, 0.15) is 0 Å². The summed E-state index contributed by atoms with van der Waals surface area (Å²) in [5.41, 5.74) is 2.42. The van der Waals surface area contributed by atoms with Crippen LogP contribution in [0, 0.1) is 0 Å². The molecule has 1 atom stereocenters. The molecule has 0 spiro atoms. The lowest BCUT2D eigenvalue weighted by Crippen LogP contribution is -2.31. The van der Waals surface area contributed by atoms with E-state index in [1.807, 2.05) is 6.07 Å². The van der Waals surface area contributed by atoms with Crippen molar-refractivity contribution in [2.24, 2.45) is 0 Å². The smallest absolute Gasteiger partial charge is 0.169 e. The predicted octanol–water partition coefficient (Wildman–Crippen LogP) is 2.44. The number of aromatic nitrogens is 1. The van der Waals surface area contributed by atoms with Crippen LogP contribution >= 0.6 is 0 Å². The first-order valence-corrected chi connectivity index (χ1v) is 6.11. The summed E-state index contributed by atoms with van der Waals surface area (Å²) in [5.74, 6) is 0. The van der Waals surface area contributed by atoms with Crippen LogP contribution in [0.4, 0.5) is 0 Å². The van der Waals surface area contributed by atoms with Crippen LogP contribution in [0.25, 0.3) is 10.9 Å². The molecule has 0 radical (unpaired) electrons. The molecule has 0 bridgehead atoms. The van der Waals surface area contributed by atoms with Gasteiger partial charge in [-0.25, -0.2) is 0 Å². The number of benzene rings is 1. The highest BCUT2D eigenvalue weighted by Crippen LogP contribution is 2.23. The van der Waals surface area contributed by atoms with Crippen molar-refractivity contribution in [1.82, 2.24) is 10.3 Å². The second kappa shape index (κ2) is 6.00. The molecule has 1 heterocycles. The summed E-state index contributed by atoms with van der Waals surface area (Å²) in [6, 6.07) is 8.54. The maximum Gasteiger partial charge on any atom is 0.169 e. The Morgan fingerprint density at radius 1 is 1.22 bits per heavy atom. The third kappa shape index (κ3) is 2.72. The average Bonchev–Trinajstić information content (AvgIpc) is 2.83. The number of hydrogen-bond donors (Lipinski definition) is 2. The van der Waals surface area contributed by atoms with Gasteiger partial charge in [0.2, 0.25) is 0 Å². The van der Waals surface area contributed by atoms with Gasteiger partial charge in [-0.2, -0.15) is 0 Å². The summed E-state index contributed by atoms with van der Waals surface area (Å²) in [6.07, 6.45) is 1.84. The van der Waals surface area contributed by atoms with Gasteiger partial charge in [-0.05, 0) is 18.6 Å². The molecule has 0 amide bonds. The standard InChI is InChI=1S/C14H20N2O2/c1-10(15-9-14(17-2)18-3)12-8-16-13-7-5-4-6-11(12)13/h4-8,10,14-16H,9H2,1-3H3. The number of methoxy groups -OCH3 is 2. The number of para-hydroxylation sites is 1. The zero-order valence-electron chi connectivity index (χ0n) is 11.1. The van der Waals surface area contributed by atoms with Crippen molar-refractivity contribution in [2.75, 3.05) is 20.8 Å². The fourth-order valence-corrected chi connectivity index (χ4v) is 2.10. The molecule has 4 heteroatoms. The Kier molecular flexibility index (Phi) is 4.36. The molecule has 0 aliphatic heterocycles. The van der Waals surface area contributed by atoms with Crippen molar-refractivity contribution >= 4 is 10.9 Å². The van der Waals surface area contributed by atoms with Gasteiger partial charge in [-0.1, -0.05) is 18.2 Å². The summed E-state index contributed by atoms with van der Waals surface area (Å²) >= 11 is 0. The van der Waals surface area contributed by atoms with Gasteiger partial charge in [0.15, 0.2) is 6.29 Å². The molecule has 98 valence electrons. The number of aromatic amines is 1. The molecule has 0 saturated heterocycles. The number of nitrogens with one attached hydrogen (secondary N) is 2. The van der Waals surface area contributed by atoms with Crippen LogP contribution in [-0.4, -0.2) is 32.0 Å². The number of rotatable bonds is 6. The molecule has 0 aliphatic carbocycles. The molecular weight excluding hydrogens is 228 g/mol. The van der Waals surface area contributed by atoms with Gasteiger partial charge < -0.3 is 19.8 Å². The molecule has 2 N–H and O–H groups in total. The highest BCUT2D eigenvalue weighted by molar-refractivity contribution is 5.83. The van der Waals surface area contributed by atoms with Crippen molar-refractivity contribution in [1.29, 1.82) is 0 Å². The van der Waals surface area contributed by atoms with Crippen LogP contribution in [0.5, 0.6) is 0 Å². The lowest BCUT2D eigenvalue weighted by Gasteiger charge is -2.18. The number of hydrogen-bond acceptors (Lipinski definition) is 3. The zero-order chi connectivity index (χ0) is 13.0. The molecule has 0 fully saturated rings. The van der Waals surface area contributed by atoms with E-state index in [9.17, 15) is 0 Å². The van der Waals surface area contributed by atoms with Crippen molar-refractivity contribution in [2.45, 2.75) is 19.3 Å². The van der Waals surface area contributed by atoms with E-state index in [0.29, 0.717) is 6.54 Å². The maximum atomic E-state index is 5.16. The van der Waals surface area contributed by atoms with Crippen molar-refractivity contribution in [3.05, 3.63) is 36.0 Å². The van der Waals surface area contributed by atoms with Gasteiger partial charge in [0.05, 0.1) is 0 Å². The van der Waals surface area contributed by atoms with E-state index in [0.717, 1.165) is 5.52 Å². The highest BCUT2D eigenvalue weighted by Gasteiger charge is 2.12. The van der Waals surface area contributed by atoms with Crippen LogP contribution < -0.4 is 5.32 Å². The third-order valence-corrected chi connectivity index (χ3v) is 3.20. The third-order valence-electron chi connectivity index (χ3n) is 3.20. The van der Waals surface area contributed by atoms with Crippen molar-refractivity contribution in [3.8, 4) is 0 Å². The van der Waals surface area contributed by atoms with Crippen LogP contribution in [0.15, 0.2) is 30.5 Å². The molecule has 2 aromatic rings. The normalized spacial score (nSPS) is 13.3. The minimum atomic E-state index is -0.211. The van der Waals surface area contributed by atoms with Crippen molar-refractivity contribution in [3.63, 3.8) is 0 Å². The lowest BCUT2D eigenvalue weighted by atomic mass is 10.1. The van der Waals surface area contributed by atoms with Crippen molar-refractivity contribution < 1.29 is 9.47 Å². The minimum absolute atomic E-state index is 0.211. The van der Waals surface area contributed by atoms with E-state index in [-0.39, 0.29) is 12.3 Å². The van der Waals surface area contributed by atoms with Gasteiger partial charge in [0, 0.05) is 43.9 Å². The topological polar surface area (TPSA) is 46.3 Å². The number of fused-ring (bicyclic) bond motifs is 1. The van der Waals surface area contributed by atoms with Crippen LogP contribution in [0.2, 0.25) is 0 Å². The van der Waals surface area contributed by atoms with Crippen LogP contribution in [-0.2, 0) is 9.47 Å². The Morgan fingerprint density at radius 3 is 2.67 bits per heavy atom. The largest absolute Gasteiger partial charge is 0.361 e. The number of H-pyrrole nitrogens is 1. The summed E-state index contributed by atoms with van der Waals surface area (Å²) < 4.78 is 10.3. The van der Waals surface area contributed by atoms with Crippen LogP contribution in [0.1, 0.15) is 18.5 Å². The van der Waals surface area contributed by atoms with Gasteiger partial charge >= 0.3 is 0 Å². The molecule has 1 unspecified atom stereocenters. The summed E-state index contributed by atoms with van der Waals surface area (Å²) in [7, 11) is 3.29. The summed E-state index contributed by atoms with van der Waals surface area (Å²) in [6.45, 7) is 2.80. The van der Waals surface area contributed by atoms with E-state index < -0.39 is 0 Å². The Bertz CT molecular complexity index is 491. The Balaban J connectivity index is 2.07. The zero-order valence-corrected chi connectivity index (χ0v) is 11.1. The molecule has 18 heavy (non-hydrogen) atoms. The molecule has 1 aromatic carbocycles. The van der Waals surface area contributed by atoms with E-state index in [4.69, 9.17) is 9.47 Å². The monoisotopic (exact) mass is 248 g/mol. The molecule has 4 nitrogen and oxygen atoms in total. The average molecular weight is 248 g/mol. The van der Waals surface area contributed by atoms with E-state index in [2.05, 4.69) is 41.6 Å². The first-order valence-electron chi connectivity index (χ1n) is 6.11. The van der Waals surface area contributed by atoms with E-state index in [1.54, 1.807) is 14.2 Å². The maximum absolute atomic E-state index is 5.16. The fourth-order valence-electron chi connectivity index (χ4n) is 2.10. The summed E-state index contributed by atoms with van der Waals surface area (Å²) in [5, 5.41) is 4.66. The SMILES string of the molecule is COC(CNC(C)c1c[nH]c2ccccc12)OC. The molecule has 1 aromatic heterocycles. The van der Waals surface area contributed by atoms with Gasteiger partial charge in [0.25, 0.3) is 0 Å². The second-order valence-electron chi connectivity index (χ2n) is 4.32. The number of ether oxygens (including phenoxy) is 2. The van der Waals surface area contributed by atoms with E-state index in [1.165, 1.54) is 10.9 Å². The second-order valence-corrected chi connectivity index (χ2v) is 4.32. The minimum Gasteiger partial charge on any atom is -0.361 e. The Hall–Kier alpha value is -1.36. The first kappa shape index (κ1) is 13.1. The Labute approximate surface area is 107 Å². The predicted molar refractivity (Wildman–Crippen MR) is 72.5 cm³/mol. The molecule has 0 aliphatic rings. The molecule has 2 rings (SSSR count).